The molecule has 0 saturated carbocycles. The molecule has 0 bridgehead atoms. The fourth-order valence-corrected chi connectivity index (χ4v) is 2.30. The van der Waals surface area contributed by atoms with Gasteiger partial charge in [0.05, 0.1) is 5.69 Å². The topological polar surface area (TPSA) is 28.2 Å². The summed E-state index contributed by atoms with van der Waals surface area (Å²) in [6.45, 7) is 6.60. The van der Waals surface area contributed by atoms with Crippen LogP contribution in [0.25, 0.3) is 0 Å². The van der Waals surface area contributed by atoms with Gasteiger partial charge in [-0.15, -0.1) is 0 Å². The Morgan fingerprint density at radius 3 is 3.19 bits per heavy atom. The fraction of sp³-hybridized carbons (Fsp3) is 0.583. The summed E-state index contributed by atoms with van der Waals surface area (Å²) < 4.78 is 1.04. The van der Waals surface area contributed by atoms with Crippen LogP contribution in [-0.2, 0) is 6.54 Å². The fourth-order valence-electron chi connectivity index (χ4n) is 2.07. The number of rotatable bonds is 2. The van der Waals surface area contributed by atoms with Crippen molar-refractivity contribution < 1.29 is 0 Å². The second kappa shape index (κ2) is 5.75. The maximum atomic E-state index is 4.42. The molecule has 0 amide bonds. The third kappa shape index (κ3) is 3.54. The maximum absolute atomic E-state index is 4.42. The molecule has 1 aliphatic rings. The van der Waals surface area contributed by atoms with Gasteiger partial charge in [0.2, 0.25) is 0 Å². The van der Waals surface area contributed by atoms with Crippen LogP contribution in [0, 0.1) is 0 Å². The molecule has 88 valence electrons. The van der Waals surface area contributed by atoms with Gasteiger partial charge in [0.15, 0.2) is 0 Å². The van der Waals surface area contributed by atoms with E-state index >= 15 is 0 Å². The summed E-state index contributed by atoms with van der Waals surface area (Å²) in [5, 5.41) is 3.50. The Bertz CT molecular complexity index is 326. The first-order valence-electron chi connectivity index (χ1n) is 5.80. The molecular formula is C12H18BrN3. The smallest absolute Gasteiger partial charge is 0.0544 e. The van der Waals surface area contributed by atoms with E-state index in [-0.39, 0.29) is 0 Å². The van der Waals surface area contributed by atoms with E-state index in [1.807, 2.05) is 6.20 Å². The molecule has 16 heavy (non-hydrogen) atoms. The predicted molar refractivity (Wildman–Crippen MR) is 69.3 cm³/mol. The van der Waals surface area contributed by atoms with Crippen LogP contribution >= 0.6 is 15.9 Å². The van der Waals surface area contributed by atoms with Crippen molar-refractivity contribution in [2.24, 2.45) is 0 Å². The van der Waals surface area contributed by atoms with Gasteiger partial charge in [-0.2, -0.15) is 0 Å². The summed E-state index contributed by atoms with van der Waals surface area (Å²) in [7, 11) is 0. The second-order valence-corrected chi connectivity index (χ2v) is 5.33. The average molecular weight is 284 g/mol. The van der Waals surface area contributed by atoms with Crippen LogP contribution in [-0.4, -0.2) is 35.6 Å². The Kier molecular flexibility index (Phi) is 4.32. The Hall–Kier alpha value is -0.450. The molecular weight excluding hydrogens is 266 g/mol. The second-order valence-electron chi connectivity index (χ2n) is 4.41. The van der Waals surface area contributed by atoms with E-state index in [0.29, 0.717) is 6.04 Å². The summed E-state index contributed by atoms with van der Waals surface area (Å²) in [6.07, 6.45) is 3.09. The van der Waals surface area contributed by atoms with Gasteiger partial charge >= 0.3 is 0 Å². The molecule has 0 aromatic carbocycles. The Balaban J connectivity index is 1.95. The van der Waals surface area contributed by atoms with Gasteiger partial charge in [-0.1, -0.05) is 0 Å². The van der Waals surface area contributed by atoms with Gasteiger partial charge in [-0.05, 0) is 54.5 Å². The third-order valence-electron chi connectivity index (χ3n) is 2.85. The molecule has 1 aromatic heterocycles. The van der Waals surface area contributed by atoms with Gasteiger partial charge < -0.3 is 5.32 Å². The van der Waals surface area contributed by atoms with Crippen LogP contribution in [0.4, 0.5) is 0 Å². The van der Waals surface area contributed by atoms with Crippen molar-refractivity contribution in [3.05, 3.63) is 28.5 Å². The molecule has 4 heteroatoms. The van der Waals surface area contributed by atoms with E-state index in [0.717, 1.165) is 36.3 Å². The first-order chi connectivity index (χ1) is 7.74. The zero-order valence-corrected chi connectivity index (χ0v) is 11.2. The summed E-state index contributed by atoms with van der Waals surface area (Å²) in [5.41, 5.74) is 1.15. The zero-order valence-electron chi connectivity index (χ0n) is 9.62. The number of pyridine rings is 1. The van der Waals surface area contributed by atoms with Gasteiger partial charge in [0, 0.05) is 29.8 Å². The van der Waals surface area contributed by atoms with Crippen molar-refractivity contribution >= 4 is 15.9 Å². The third-order valence-corrected chi connectivity index (χ3v) is 3.32. The quantitative estimate of drug-likeness (QED) is 0.900. The van der Waals surface area contributed by atoms with Crippen LogP contribution in [0.3, 0.4) is 0 Å². The lowest BCUT2D eigenvalue weighted by Crippen LogP contribution is -2.35. The average Bonchev–Trinajstić information content (AvgIpc) is 2.46. The predicted octanol–water partition coefficient (Wildman–Crippen LogP) is 2.03. The van der Waals surface area contributed by atoms with Crippen LogP contribution < -0.4 is 5.32 Å². The van der Waals surface area contributed by atoms with Crippen molar-refractivity contribution in [1.29, 1.82) is 0 Å². The molecule has 1 unspecified atom stereocenters. The molecule has 1 aromatic rings. The Morgan fingerprint density at radius 2 is 2.44 bits per heavy atom. The molecule has 1 fully saturated rings. The summed E-state index contributed by atoms with van der Waals surface area (Å²) in [4.78, 5) is 6.89. The highest BCUT2D eigenvalue weighted by atomic mass is 79.9. The standard InChI is InChI=1S/C12H18BrN3/c1-10-8-16(6-2-5-14-10)9-12-4-3-11(13)7-15-12/h3-4,7,10,14H,2,5-6,8-9H2,1H3. The van der Waals surface area contributed by atoms with Crippen LogP contribution in [0.2, 0.25) is 0 Å². The lowest BCUT2D eigenvalue weighted by molar-refractivity contribution is 0.262. The van der Waals surface area contributed by atoms with Crippen molar-refractivity contribution in [3.63, 3.8) is 0 Å². The van der Waals surface area contributed by atoms with E-state index in [1.165, 1.54) is 6.42 Å². The van der Waals surface area contributed by atoms with E-state index in [2.05, 4.69) is 50.2 Å². The molecule has 2 rings (SSSR count). The minimum Gasteiger partial charge on any atom is -0.313 e. The lowest BCUT2D eigenvalue weighted by Gasteiger charge is -2.21. The van der Waals surface area contributed by atoms with Crippen molar-refractivity contribution in [2.75, 3.05) is 19.6 Å². The number of hydrogen-bond acceptors (Lipinski definition) is 3. The first kappa shape index (κ1) is 12.0. The van der Waals surface area contributed by atoms with Crippen molar-refractivity contribution in [1.82, 2.24) is 15.2 Å². The number of aromatic nitrogens is 1. The number of hydrogen-bond donors (Lipinski definition) is 1. The monoisotopic (exact) mass is 283 g/mol. The van der Waals surface area contributed by atoms with Crippen molar-refractivity contribution in [2.45, 2.75) is 25.9 Å². The molecule has 1 atom stereocenters. The molecule has 1 saturated heterocycles. The number of nitrogens with zero attached hydrogens (tertiary/aromatic N) is 2. The SMILES string of the molecule is CC1CN(Cc2ccc(Br)cn2)CCCN1. The number of nitrogens with one attached hydrogen (secondary N) is 1. The minimum absolute atomic E-state index is 0.581. The molecule has 1 aliphatic heterocycles. The molecule has 0 aliphatic carbocycles. The first-order valence-corrected chi connectivity index (χ1v) is 6.59. The summed E-state index contributed by atoms with van der Waals surface area (Å²) >= 11 is 3.41. The van der Waals surface area contributed by atoms with E-state index < -0.39 is 0 Å². The van der Waals surface area contributed by atoms with E-state index in [9.17, 15) is 0 Å². The van der Waals surface area contributed by atoms with E-state index in [4.69, 9.17) is 0 Å². The molecule has 3 nitrogen and oxygen atoms in total. The Morgan fingerprint density at radius 1 is 1.56 bits per heavy atom. The largest absolute Gasteiger partial charge is 0.313 e. The number of halogens is 1. The maximum Gasteiger partial charge on any atom is 0.0544 e. The highest BCUT2D eigenvalue weighted by molar-refractivity contribution is 9.10. The Labute approximate surface area is 105 Å². The molecule has 1 N–H and O–H groups in total. The van der Waals surface area contributed by atoms with Gasteiger partial charge in [-0.3, -0.25) is 9.88 Å². The van der Waals surface area contributed by atoms with Gasteiger partial charge in [0.1, 0.15) is 0 Å². The van der Waals surface area contributed by atoms with Crippen LogP contribution in [0.15, 0.2) is 22.8 Å². The lowest BCUT2D eigenvalue weighted by atomic mass is 10.3. The normalized spacial score (nSPS) is 23.0. The molecule has 0 radical (unpaired) electrons. The molecule has 0 spiro atoms. The van der Waals surface area contributed by atoms with Gasteiger partial charge in [0.25, 0.3) is 0 Å². The summed E-state index contributed by atoms with van der Waals surface area (Å²) in [5.74, 6) is 0. The van der Waals surface area contributed by atoms with Crippen LogP contribution in [0.1, 0.15) is 19.0 Å². The van der Waals surface area contributed by atoms with Crippen LogP contribution in [0.5, 0.6) is 0 Å². The molecule has 2 heterocycles. The highest BCUT2D eigenvalue weighted by Crippen LogP contribution is 2.10. The highest BCUT2D eigenvalue weighted by Gasteiger charge is 2.14. The minimum atomic E-state index is 0.581. The van der Waals surface area contributed by atoms with Crippen molar-refractivity contribution in [3.8, 4) is 0 Å². The zero-order chi connectivity index (χ0) is 11.4. The van der Waals surface area contributed by atoms with Gasteiger partial charge in [-0.25, -0.2) is 0 Å². The van der Waals surface area contributed by atoms with E-state index in [1.54, 1.807) is 0 Å². The summed E-state index contributed by atoms with van der Waals surface area (Å²) in [6, 6.07) is 4.73.